The molecule has 1 unspecified atom stereocenters. The molecule has 0 aliphatic heterocycles. The van der Waals surface area contributed by atoms with Crippen LogP contribution in [0.3, 0.4) is 0 Å². The van der Waals surface area contributed by atoms with Crippen molar-refractivity contribution < 1.29 is 19.5 Å². The molecule has 0 aromatic rings. The van der Waals surface area contributed by atoms with Crippen LogP contribution in [-0.2, 0) is 14.4 Å². The van der Waals surface area contributed by atoms with Crippen LogP contribution in [-0.4, -0.2) is 48.8 Å². The second kappa shape index (κ2) is 7.08. The fourth-order valence-electron chi connectivity index (χ4n) is 1.04. The molecule has 1 atom stereocenters. The maximum absolute atomic E-state index is 11.4. The quantitative estimate of drug-likeness (QED) is 0.471. The van der Waals surface area contributed by atoms with Gasteiger partial charge in [0, 0.05) is 0 Å². The predicted molar refractivity (Wildman–Crippen MR) is 53.7 cm³/mol. The van der Waals surface area contributed by atoms with E-state index >= 15 is 0 Å². The van der Waals surface area contributed by atoms with Gasteiger partial charge < -0.3 is 15.7 Å². The summed E-state index contributed by atoms with van der Waals surface area (Å²) in [7, 11) is 1.60. The molecule has 0 aromatic carbocycles. The maximum atomic E-state index is 11.4. The summed E-state index contributed by atoms with van der Waals surface area (Å²) in [4.78, 5) is 32.5. The van der Waals surface area contributed by atoms with E-state index in [1.54, 1.807) is 7.05 Å². The molecule has 15 heavy (non-hydrogen) atoms. The van der Waals surface area contributed by atoms with Crippen molar-refractivity contribution >= 4 is 17.5 Å². The molecule has 0 rings (SSSR count). The number of nitrogens with one attached hydrogen (secondary N) is 2. The van der Waals surface area contributed by atoms with E-state index in [-0.39, 0.29) is 31.1 Å². The van der Waals surface area contributed by atoms with Crippen molar-refractivity contribution in [3.8, 4) is 0 Å². The average molecular weight is 216 g/mol. The Balaban J connectivity index is 4.23. The number of likely N-dealkylation sites (N-methyl/N-ethyl adjacent to an activating group) is 1. The van der Waals surface area contributed by atoms with E-state index in [9.17, 15) is 14.4 Å². The van der Waals surface area contributed by atoms with Gasteiger partial charge in [-0.3, -0.25) is 14.4 Å². The van der Waals surface area contributed by atoms with Crippen LogP contribution >= 0.6 is 0 Å². The number of hydrogen-bond acceptors (Lipinski definition) is 5. The van der Waals surface area contributed by atoms with Gasteiger partial charge in [0.1, 0.15) is 5.78 Å². The number of Topliss-reactive ketones (excluding diaryl/α,β-unsaturated/α-hetero) is 2. The number of hydrogen-bond donors (Lipinski definition) is 3. The zero-order valence-corrected chi connectivity index (χ0v) is 8.87. The van der Waals surface area contributed by atoms with Gasteiger partial charge in [-0.1, -0.05) is 0 Å². The maximum Gasteiger partial charge on any atom is 0.305 e. The van der Waals surface area contributed by atoms with Crippen molar-refractivity contribution in [2.75, 3.05) is 20.1 Å². The Labute approximate surface area is 88.0 Å². The van der Waals surface area contributed by atoms with Crippen LogP contribution in [0.5, 0.6) is 0 Å². The van der Waals surface area contributed by atoms with Crippen LogP contribution in [0.1, 0.15) is 13.3 Å². The molecular formula is C9H16N2O4. The largest absolute Gasteiger partial charge is 0.481 e. The molecule has 86 valence electrons. The number of carbonyl (C=O) groups excluding carboxylic acids is 2. The number of carboxylic acid groups (broad SMARTS) is 1. The summed E-state index contributed by atoms with van der Waals surface area (Å²) in [5.74, 6) is -1.47. The predicted octanol–water partition coefficient (Wildman–Crippen LogP) is -1.20. The summed E-state index contributed by atoms with van der Waals surface area (Å²) < 4.78 is 0. The first-order valence-electron chi connectivity index (χ1n) is 4.59. The minimum absolute atomic E-state index is 0.00734. The second-order valence-corrected chi connectivity index (χ2v) is 3.23. The Kier molecular flexibility index (Phi) is 6.48. The van der Waals surface area contributed by atoms with Crippen molar-refractivity contribution in [3.05, 3.63) is 0 Å². The Hall–Kier alpha value is -1.27. The lowest BCUT2D eigenvalue weighted by atomic mass is 10.1. The number of aliphatic carboxylic acids is 1. The Morgan fingerprint density at radius 1 is 1.27 bits per heavy atom. The molecule has 6 heteroatoms. The van der Waals surface area contributed by atoms with Crippen molar-refractivity contribution in [2.45, 2.75) is 19.4 Å². The van der Waals surface area contributed by atoms with Gasteiger partial charge in [-0.15, -0.1) is 0 Å². The molecule has 3 N–H and O–H groups in total. The Morgan fingerprint density at radius 3 is 2.27 bits per heavy atom. The number of rotatable bonds is 8. The summed E-state index contributed by atoms with van der Waals surface area (Å²) in [5, 5.41) is 13.8. The monoisotopic (exact) mass is 216 g/mol. The standard InChI is InChI=1S/C9H16N2O4/c1-6(12)4-11-7(3-9(14)15)8(13)5-10-2/h7,10-11H,3-5H2,1-2H3,(H,14,15). The summed E-state index contributed by atoms with van der Waals surface area (Å²) in [6.45, 7) is 1.46. The first kappa shape index (κ1) is 13.7. The van der Waals surface area contributed by atoms with E-state index in [0.717, 1.165) is 0 Å². The van der Waals surface area contributed by atoms with Gasteiger partial charge in [0.25, 0.3) is 0 Å². The van der Waals surface area contributed by atoms with E-state index in [1.807, 2.05) is 0 Å². The SMILES string of the molecule is CNCC(=O)C(CC(=O)O)NCC(C)=O. The van der Waals surface area contributed by atoms with Crippen molar-refractivity contribution in [3.63, 3.8) is 0 Å². The van der Waals surface area contributed by atoms with Crippen molar-refractivity contribution in [2.24, 2.45) is 0 Å². The first-order chi connectivity index (χ1) is 6.97. The molecule has 0 fully saturated rings. The zero-order valence-electron chi connectivity index (χ0n) is 8.87. The van der Waals surface area contributed by atoms with Crippen LogP contribution in [0.2, 0.25) is 0 Å². The highest BCUT2D eigenvalue weighted by molar-refractivity contribution is 5.90. The third kappa shape index (κ3) is 6.75. The molecule has 0 saturated carbocycles. The highest BCUT2D eigenvalue weighted by Crippen LogP contribution is 1.94. The fourth-order valence-corrected chi connectivity index (χ4v) is 1.04. The van der Waals surface area contributed by atoms with Crippen molar-refractivity contribution in [1.29, 1.82) is 0 Å². The summed E-state index contributed by atoms with van der Waals surface area (Å²) >= 11 is 0. The van der Waals surface area contributed by atoms with Crippen LogP contribution in [0.15, 0.2) is 0 Å². The molecule has 0 heterocycles. The van der Waals surface area contributed by atoms with Gasteiger partial charge in [-0.25, -0.2) is 0 Å². The molecule has 0 amide bonds. The van der Waals surface area contributed by atoms with Gasteiger partial charge in [0.05, 0.1) is 25.6 Å². The topological polar surface area (TPSA) is 95.5 Å². The van der Waals surface area contributed by atoms with Crippen LogP contribution in [0, 0.1) is 0 Å². The lowest BCUT2D eigenvalue weighted by Gasteiger charge is -2.14. The van der Waals surface area contributed by atoms with E-state index in [1.165, 1.54) is 6.92 Å². The average Bonchev–Trinajstić information content (AvgIpc) is 2.11. The van der Waals surface area contributed by atoms with Crippen LogP contribution in [0.4, 0.5) is 0 Å². The molecule has 0 aromatic heterocycles. The van der Waals surface area contributed by atoms with Gasteiger partial charge in [0.2, 0.25) is 0 Å². The number of carboxylic acids is 1. The van der Waals surface area contributed by atoms with E-state index in [0.29, 0.717) is 0 Å². The first-order valence-corrected chi connectivity index (χ1v) is 4.59. The lowest BCUT2D eigenvalue weighted by molar-refractivity contribution is -0.139. The third-order valence-electron chi connectivity index (χ3n) is 1.72. The summed E-state index contributed by atoms with van der Waals surface area (Å²) in [6, 6.07) is -0.807. The molecule has 0 spiro atoms. The molecule has 0 radical (unpaired) electrons. The zero-order chi connectivity index (χ0) is 11.8. The molecule has 0 aliphatic carbocycles. The Bertz CT molecular complexity index is 252. The van der Waals surface area contributed by atoms with Crippen molar-refractivity contribution in [1.82, 2.24) is 10.6 Å². The van der Waals surface area contributed by atoms with Gasteiger partial charge >= 0.3 is 5.97 Å². The minimum atomic E-state index is -1.07. The summed E-state index contributed by atoms with van der Waals surface area (Å²) in [6.07, 6.45) is -0.312. The van der Waals surface area contributed by atoms with Crippen LogP contribution < -0.4 is 10.6 Å². The van der Waals surface area contributed by atoms with Crippen LogP contribution in [0.25, 0.3) is 0 Å². The normalized spacial score (nSPS) is 12.1. The Morgan fingerprint density at radius 2 is 1.87 bits per heavy atom. The molecular weight excluding hydrogens is 200 g/mol. The highest BCUT2D eigenvalue weighted by atomic mass is 16.4. The van der Waals surface area contributed by atoms with E-state index in [2.05, 4.69) is 10.6 Å². The molecule has 0 saturated heterocycles. The van der Waals surface area contributed by atoms with E-state index < -0.39 is 12.0 Å². The second-order valence-electron chi connectivity index (χ2n) is 3.23. The van der Waals surface area contributed by atoms with Gasteiger partial charge in [-0.2, -0.15) is 0 Å². The summed E-state index contributed by atoms with van der Waals surface area (Å²) in [5.41, 5.74) is 0. The fraction of sp³-hybridized carbons (Fsp3) is 0.667. The smallest absolute Gasteiger partial charge is 0.305 e. The lowest BCUT2D eigenvalue weighted by Crippen LogP contribution is -2.44. The third-order valence-corrected chi connectivity index (χ3v) is 1.72. The van der Waals surface area contributed by atoms with Gasteiger partial charge in [-0.05, 0) is 14.0 Å². The minimum Gasteiger partial charge on any atom is -0.481 e. The molecule has 6 nitrogen and oxygen atoms in total. The van der Waals surface area contributed by atoms with Gasteiger partial charge in [0.15, 0.2) is 5.78 Å². The molecule has 0 bridgehead atoms. The number of ketones is 2. The molecule has 0 aliphatic rings. The van der Waals surface area contributed by atoms with E-state index in [4.69, 9.17) is 5.11 Å². The number of carbonyl (C=O) groups is 3. The highest BCUT2D eigenvalue weighted by Gasteiger charge is 2.20.